The van der Waals surface area contributed by atoms with Crippen LogP contribution in [-0.4, -0.2) is 55.5 Å². The molecule has 1 aliphatic rings. The van der Waals surface area contributed by atoms with Gasteiger partial charge < -0.3 is 15.6 Å². The Hall–Kier alpha value is -0.160. The van der Waals surface area contributed by atoms with Crippen LogP contribution < -0.4 is 5.73 Å². The van der Waals surface area contributed by atoms with Crippen LogP contribution >= 0.6 is 0 Å². The zero-order valence-electron chi connectivity index (χ0n) is 7.57. The fourth-order valence-corrected chi connectivity index (χ4v) is 1.57. The van der Waals surface area contributed by atoms with Crippen LogP contribution in [0, 0.1) is 0 Å². The Morgan fingerprint density at radius 1 is 1.75 bits per heavy atom. The van der Waals surface area contributed by atoms with Gasteiger partial charge in [-0.15, -0.1) is 0 Å². The van der Waals surface area contributed by atoms with Gasteiger partial charge in [0.05, 0.1) is 12.7 Å². The molecule has 0 amide bonds. The summed E-state index contributed by atoms with van der Waals surface area (Å²) in [5.74, 6) is 0. The van der Waals surface area contributed by atoms with Gasteiger partial charge in [0.2, 0.25) is 0 Å². The fourth-order valence-electron chi connectivity index (χ4n) is 1.57. The predicted octanol–water partition coefficient (Wildman–Crippen LogP) is -0.973. The summed E-state index contributed by atoms with van der Waals surface area (Å²) in [7, 11) is 1.60. The fraction of sp³-hybridized carbons (Fsp3) is 1.00. The van der Waals surface area contributed by atoms with Gasteiger partial charge in [-0.3, -0.25) is 4.90 Å². The van der Waals surface area contributed by atoms with E-state index in [1.807, 2.05) is 0 Å². The first kappa shape index (κ1) is 9.92. The number of aliphatic hydroxyl groups excluding tert-OH is 1. The molecular weight excluding hydrogens is 156 g/mol. The van der Waals surface area contributed by atoms with Gasteiger partial charge >= 0.3 is 0 Å². The molecule has 1 aliphatic heterocycles. The monoisotopic (exact) mass is 174 g/mol. The van der Waals surface area contributed by atoms with E-state index in [4.69, 9.17) is 10.5 Å². The molecule has 1 heterocycles. The second-order valence-corrected chi connectivity index (χ2v) is 3.42. The average molecular weight is 174 g/mol. The van der Waals surface area contributed by atoms with Crippen molar-refractivity contribution in [2.24, 2.45) is 5.73 Å². The molecule has 4 nitrogen and oxygen atoms in total. The Bertz CT molecular complexity index is 132. The first-order chi connectivity index (χ1) is 5.72. The maximum absolute atomic E-state index is 9.39. The van der Waals surface area contributed by atoms with Crippen molar-refractivity contribution in [1.29, 1.82) is 0 Å². The number of aliphatic hydroxyl groups is 1. The minimum atomic E-state index is -0.375. The zero-order valence-corrected chi connectivity index (χ0v) is 7.57. The SMILES string of the molecule is COCC(O)CN1CC[C@H](N)C1. The highest BCUT2D eigenvalue weighted by Gasteiger charge is 2.20. The molecular formula is C8H18N2O2. The lowest BCUT2D eigenvalue weighted by molar-refractivity contribution is 0.0426. The maximum atomic E-state index is 9.39. The van der Waals surface area contributed by atoms with Crippen molar-refractivity contribution in [3.8, 4) is 0 Å². The minimum Gasteiger partial charge on any atom is -0.389 e. The quantitative estimate of drug-likeness (QED) is 0.575. The second kappa shape index (κ2) is 4.77. The summed E-state index contributed by atoms with van der Waals surface area (Å²) in [6.45, 7) is 3.00. The molecule has 72 valence electrons. The number of hydrogen-bond donors (Lipinski definition) is 2. The lowest BCUT2D eigenvalue weighted by atomic mass is 10.3. The predicted molar refractivity (Wildman–Crippen MR) is 46.9 cm³/mol. The molecule has 0 aromatic carbocycles. The molecule has 0 aliphatic carbocycles. The Morgan fingerprint density at radius 2 is 2.50 bits per heavy atom. The Labute approximate surface area is 73.3 Å². The highest BCUT2D eigenvalue weighted by atomic mass is 16.5. The number of hydrogen-bond acceptors (Lipinski definition) is 4. The van der Waals surface area contributed by atoms with Crippen LogP contribution in [0.1, 0.15) is 6.42 Å². The van der Waals surface area contributed by atoms with Crippen LogP contribution in [0.2, 0.25) is 0 Å². The van der Waals surface area contributed by atoms with Gasteiger partial charge in [0.1, 0.15) is 0 Å². The highest BCUT2D eigenvalue weighted by Crippen LogP contribution is 2.06. The number of ether oxygens (including phenoxy) is 1. The normalized spacial score (nSPS) is 27.8. The molecule has 0 radical (unpaired) electrons. The molecule has 1 saturated heterocycles. The lowest BCUT2D eigenvalue weighted by Crippen LogP contribution is -2.34. The van der Waals surface area contributed by atoms with Crippen LogP contribution in [0.3, 0.4) is 0 Å². The summed E-state index contributed by atoms with van der Waals surface area (Å²) >= 11 is 0. The van der Waals surface area contributed by atoms with E-state index in [1.165, 1.54) is 0 Å². The van der Waals surface area contributed by atoms with E-state index in [0.29, 0.717) is 19.2 Å². The number of β-amino-alcohol motifs (C(OH)–C–C–N with tert-alkyl or cyclic N) is 1. The van der Waals surface area contributed by atoms with Gasteiger partial charge in [-0.25, -0.2) is 0 Å². The van der Waals surface area contributed by atoms with Crippen molar-refractivity contribution < 1.29 is 9.84 Å². The standard InChI is InChI=1S/C8H18N2O2/c1-12-6-8(11)5-10-3-2-7(9)4-10/h7-8,11H,2-6,9H2,1H3/t7-,8?/m0/s1. The van der Waals surface area contributed by atoms with E-state index in [1.54, 1.807) is 7.11 Å². The van der Waals surface area contributed by atoms with Gasteiger partial charge in [-0.05, 0) is 13.0 Å². The molecule has 2 atom stereocenters. The summed E-state index contributed by atoms with van der Waals surface area (Å²) < 4.78 is 4.83. The zero-order chi connectivity index (χ0) is 8.97. The molecule has 1 rings (SSSR count). The minimum absolute atomic E-state index is 0.291. The second-order valence-electron chi connectivity index (χ2n) is 3.42. The van der Waals surface area contributed by atoms with Crippen molar-refractivity contribution in [2.45, 2.75) is 18.6 Å². The molecule has 1 unspecified atom stereocenters. The van der Waals surface area contributed by atoms with Crippen molar-refractivity contribution in [3.05, 3.63) is 0 Å². The van der Waals surface area contributed by atoms with Crippen LogP contribution in [0.4, 0.5) is 0 Å². The topological polar surface area (TPSA) is 58.7 Å². The maximum Gasteiger partial charge on any atom is 0.0900 e. The highest BCUT2D eigenvalue weighted by molar-refractivity contribution is 4.79. The number of methoxy groups -OCH3 is 1. The lowest BCUT2D eigenvalue weighted by Gasteiger charge is -2.18. The number of rotatable bonds is 4. The van der Waals surface area contributed by atoms with Gasteiger partial charge in [0.25, 0.3) is 0 Å². The third kappa shape index (κ3) is 3.06. The molecule has 0 bridgehead atoms. The Morgan fingerprint density at radius 3 is 3.00 bits per heavy atom. The van der Waals surface area contributed by atoms with E-state index in [2.05, 4.69) is 4.90 Å². The van der Waals surface area contributed by atoms with Gasteiger partial charge in [-0.2, -0.15) is 0 Å². The Balaban J connectivity index is 2.14. The summed E-state index contributed by atoms with van der Waals surface area (Å²) in [4.78, 5) is 2.17. The van der Waals surface area contributed by atoms with E-state index >= 15 is 0 Å². The number of likely N-dealkylation sites (tertiary alicyclic amines) is 1. The molecule has 0 saturated carbocycles. The summed E-state index contributed by atoms with van der Waals surface area (Å²) in [5, 5.41) is 9.39. The van der Waals surface area contributed by atoms with Crippen molar-refractivity contribution in [1.82, 2.24) is 4.90 Å². The molecule has 3 N–H and O–H groups in total. The largest absolute Gasteiger partial charge is 0.389 e. The summed E-state index contributed by atoms with van der Waals surface area (Å²) in [6.07, 6.45) is 0.667. The Kier molecular flexibility index (Phi) is 3.94. The van der Waals surface area contributed by atoms with Crippen LogP contribution in [0.25, 0.3) is 0 Å². The van der Waals surface area contributed by atoms with Gasteiger partial charge in [0.15, 0.2) is 0 Å². The van der Waals surface area contributed by atoms with E-state index in [0.717, 1.165) is 19.5 Å². The first-order valence-corrected chi connectivity index (χ1v) is 4.37. The van der Waals surface area contributed by atoms with Crippen molar-refractivity contribution >= 4 is 0 Å². The molecule has 4 heteroatoms. The van der Waals surface area contributed by atoms with Crippen LogP contribution in [0.5, 0.6) is 0 Å². The third-order valence-electron chi connectivity index (χ3n) is 2.14. The first-order valence-electron chi connectivity index (χ1n) is 4.37. The smallest absolute Gasteiger partial charge is 0.0900 e. The summed E-state index contributed by atoms with van der Waals surface area (Å²) in [5.41, 5.74) is 5.72. The van der Waals surface area contributed by atoms with Crippen molar-refractivity contribution in [3.63, 3.8) is 0 Å². The molecule has 0 aromatic heterocycles. The molecule has 0 spiro atoms. The van der Waals surface area contributed by atoms with Crippen LogP contribution in [-0.2, 0) is 4.74 Å². The number of nitrogens with two attached hydrogens (primary N) is 1. The molecule has 0 aromatic rings. The molecule has 12 heavy (non-hydrogen) atoms. The number of nitrogens with zero attached hydrogens (tertiary/aromatic N) is 1. The van der Waals surface area contributed by atoms with E-state index in [-0.39, 0.29) is 6.10 Å². The average Bonchev–Trinajstić information content (AvgIpc) is 2.36. The van der Waals surface area contributed by atoms with Gasteiger partial charge in [-0.1, -0.05) is 0 Å². The summed E-state index contributed by atoms with van der Waals surface area (Å²) in [6, 6.07) is 0.291. The van der Waals surface area contributed by atoms with E-state index in [9.17, 15) is 5.11 Å². The van der Waals surface area contributed by atoms with E-state index < -0.39 is 0 Å². The van der Waals surface area contributed by atoms with Crippen molar-refractivity contribution in [2.75, 3.05) is 33.4 Å². The molecule has 1 fully saturated rings. The van der Waals surface area contributed by atoms with Gasteiger partial charge in [0, 0.05) is 26.2 Å². The van der Waals surface area contributed by atoms with Crippen LogP contribution in [0.15, 0.2) is 0 Å². The third-order valence-corrected chi connectivity index (χ3v) is 2.14.